The van der Waals surface area contributed by atoms with E-state index >= 15 is 0 Å². The minimum Gasteiger partial charge on any atom is -0.399 e. The highest BCUT2D eigenvalue weighted by atomic mass is 19.1. The summed E-state index contributed by atoms with van der Waals surface area (Å²) in [7, 11) is 0. The number of halogens is 1. The second-order valence-electron chi connectivity index (χ2n) is 4.24. The first-order valence-corrected chi connectivity index (χ1v) is 6.01. The van der Waals surface area contributed by atoms with E-state index in [4.69, 9.17) is 5.73 Å². The van der Waals surface area contributed by atoms with Gasteiger partial charge in [-0.1, -0.05) is 18.2 Å². The van der Waals surface area contributed by atoms with Gasteiger partial charge in [0.25, 0.3) is 0 Å². The van der Waals surface area contributed by atoms with E-state index in [2.05, 4.69) is 0 Å². The molecule has 3 heteroatoms. The molecule has 0 aliphatic heterocycles. The summed E-state index contributed by atoms with van der Waals surface area (Å²) in [6.07, 6.45) is 0. The van der Waals surface area contributed by atoms with E-state index in [1.165, 1.54) is 6.07 Å². The van der Waals surface area contributed by atoms with Crippen molar-refractivity contribution < 1.29 is 4.39 Å². The van der Waals surface area contributed by atoms with Crippen LogP contribution < -0.4 is 10.6 Å². The van der Waals surface area contributed by atoms with Gasteiger partial charge in [-0.15, -0.1) is 0 Å². The summed E-state index contributed by atoms with van der Waals surface area (Å²) in [5, 5.41) is 0. The van der Waals surface area contributed by atoms with Gasteiger partial charge in [-0.3, -0.25) is 0 Å². The predicted octanol–water partition coefficient (Wildman–Crippen LogP) is 3.87. The number of aryl methyl sites for hydroxylation is 1. The molecule has 0 saturated carbocycles. The van der Waals surface area contributed by atoms with Crippen molar-refractivity contribution in [3.63, 3.8) is 0 Å². The number of para-hydroxylation sites is 1. The van der Waals surface area contributed by atoms with Gasteiger partial charge in [0.05, 0.1) is 5.69 Å². The van der Waals surface area contributed by atoms with Gasteiger partial charge < -0.3 is 10.6 Å². The van der Waals surface area contributed by atoms with Crippen LogP contribution in [0.25, 0.3) is 0 Å². The highest BCUT2D eigenvalue weighted by Crippen LogP contribution is 2.30. The van der Waals surface area contributed by atoms with Crippen LogP contribution >= 0.6 is 0 Å². The Morgan fingerprint density at radius 2 is 1.83 bits per heavy atom. The van der Waals surface area contributed by atoms with Crippen molar-refractivity contribution in [2.24, 2.45) is 0 Å². The number of nitrogen functional groups attached to an aromatic ring is 1. The zero-order valence-corrected chi connectivity index (χ0v) is 10.7. The Bertz CT molecular complexity index is 552. The molecule has 0 fully saturated rings. The molecule has 0 atom stereocenters. The van der Waals surface area contributed by atoms with Crippen LogP contribution in [-0.4, -0.2) is 6.54 Å². The first-order valence-electron chi connectivity index (χ1n) is 6.01. The third kappa shape index (κ3) is 2.30. The molecule has 0 heterocycles. The summed E-state index contributed by atoms with van der Waals surface area (Å²) in [5.41, 5.74) is 8.72. The standard InChI is InChI=1S/C15H17FN2/c1-3-18(14-7-5-4-6-11(14)2)15-9-8-12(17)10-13(15)16/h4-10H,3,17H2,1-2H3. The fourth-order valence-corrected chi connectivity index (χ4v) is 2.08. The first kappa shape index (κ1) is 12.4. The maximum atomic E-state index is 14.0. The quantitative estimate of drug-likeness (QED) is 0.830. The Morgan fingerprint density at radius 3 is 2.44 bits per heavy atom. The molecule has 2 rings (SSSR count). The first-order chi connectivity index (χ1) is 8.63. The van der Waals surface area contributed by atoms with Gasteiger partial charge in [-0.25, -0.2) is 4.39 Å². The zero-order valence-electron chi connectivity index (χ0n) is 10.7. The molecule has 2 aromatic rings. The third-order valence-corrected chi connectivity index (χ3v) is 2.99. The van der Waals surface area contributed by atoms with E-state index < -0.39 is 0 Å². The molecule has 0 spiro atoms. The van der Waals surface area contributed by atoms with Crippen molar-refractivity contribution in [1.82, 2.24) is 0 Å². The number of rotatable bonds is 3. The lowest BCUT2D eigenvalue weighted by Crippen LogP contribution is -2.18. The van der Waals surface area contributed by atoms with Crippen molar-refractivity contribution >= 4 is 17.1 Å². The fourth-order valence-electron chi connectivity index (χ4n) is 2.08. The van der Waals surface area contributed by atoms with Crippen LogP contribution in [-0.2, 0) is 0 Å². The van der Waals surface area contributed by atoms with E-state index in [9.17, 15) is 4.39 Å². The second kappa shape index (κ2) is 5.08. The van der Waals surface area contributed by atoms with E-state index in [1.54, 1.807) is 12.1 Å². The zero-order chi connectivity index (χ0) is 13.1. The number of hydrogen-bond donors (Lipinski definition) is 1. The van der Waals surface area contributed by atoms with Gasteiger partial charge in [0.1, 0.15) is 5.82 Å². The van der Waals surface area contributed by atoms with Crippen LogP contribution in [0.5, 0.6) is 0 Å². The lowest BCUT2D eigenvalue weighted by atomic mass is 10.1. The summed E-state index contributed by atoms with van der Waals surface area (Å²) in [4.78, 5) is 1.95. The molecule has 18 heavy (non-hydrogen) atoms. The molecule has 0 saturated heterocycles. The molecular formula is C15H17FN2. The normalized spacial score (nSPS) is 10.4. The largest absolute Gasteiger partial charge is 0.399 e. The molecule has 2 N–H and O–H groups in total. The van der Waals surface area contributed by atoms with Crippen molar-refractivity contribution in [3.05, 3.63) is 53.8 Å². The SMILES string of the molecule is CCN(c1ccccc1C)c1ccc(N)cc1F. The van der Waals surface area contributed by atoms with Gasteiger partial charge in [-0.05, 0) is 43.7 Å². The Labute approximate surface area is 107 Å². The molecule has 0 bridgehead atoms. The topological polar surface area (TPSA) is 29.3 Å². The van der Waals surface area contributed by atoms with Crippen molar-refractivity contribution in [2.75, 3.05) is 17.2 Å². The number of anilines is 3. The van der Waals surface area contributed by atoms with Crippen LogP contribution in [0.3, 0.4) is 0 Å². The number of benzene rings is 2. The second-order valence-corrected chi connectivity index (χ2v) is 4.24. The predicted molar refractivity (Wildman–Crippen MR) is 74.7 cm³/mol. The third-order valence-electron chi connectivity index (χ3n) is 2.99. The lowest BCUT2D eigenvalue weighted by Gasteiger charge is -2.25. The van der Waals surface area contributed by atoms with E-state index in [1.807, 2.05) is 43.0 Å². The van der Waals surface area contributed by atoms with Crippen molar-refractivity contribution in [3.8, 4) is 0 Å². The molecule has 2 aromatic carbocycles. The summed E-state index contributed by atoms with van der Waals surface area (Å²) >= 11 is 0. The van der Waals surface area contributed by atoms with Crippen LogP contribution in [0.15, 0.2) is 42.5 Å². The minimum absolute atomic E-state index is 0.292. The molecule has 2 nitrogen and oxygen atoms in total. The van der Waals surface area contributed by atoms with Crippen LogP contribution in [0.4, 0.5) is 21.5 Å². The molecule has 0 unspecified atom stereocenters. The van der Waals surface area contributed by atoms with Crippen molar-refractivity contribution in [1.29, 1.82) is 0 Å². The molecule has 0 amide bonds. The smallest absolute Gasteiger partial charge is 0.148 e. The Hall–Kier alpha value is -2.03. The Morgan fingerprint density at radius 1 is 1.11 bits per heavy atom. The van der Waals surface area contributed by atoms with E-state index in [-0.39, 0.29) is 5.82 Å². The average Bonchev–Trinajstić information content (AvgIpc) is 2.34. The van der Waals surface area contributed by atoms with Gasteiger partial charge in [0, 0.05) is 17.9 Å². The van der Waals surface area contributed by atoms with E-state index in [0.29, 0.717) is 17.9 Å². The lowest BCUT2D eigenvalue weighted by molar-refractivity contribution is 0.626. The summed E-state index contributed by atoms with van der Waals surface area (Å²) in [6, 6.07) is 12.8. The number of nitrogens with two attached hydrogens (primary N) is 1. The summed E-state index contributed by atoms with van der Waals surface area (Å²) in [6.45, 7) is 4.72. The number of nitrogens with zero attached hydrogens (tertiary/aromatic N) is 1. The Kier molecular flexibility index (Phi) is 3.51. The maximum Gasteiger partial charge on any atom is 0.148 e. The van der Waals surface area contributed by atoms with Gasteiger partial charge in [0.15, 0.2) is 0 Å². The van der Waals surface area contributed by atoms with Crippen molar-refractivity contribution in [2.45, 2.75) is 13.8 Å². The molecule has 0 aliphatic rings. The molecule has 0 radical (unpaired) electrons. The van der Waals surface area contributed by atoms with Crippen LogP contribution in [0.1, 0.15) is 12.5 Å². The van der Waals surface area contributed by atoms with Crippen LogP contribution in [0, 0.1) is 12.7 Å². The molecular weight excluding hydrogens is 227 g/mol. The monoisotopic (exact) mass is 244 g/mol. The fraction of sp³-hybridized carbons (Fsp3) is 0.200. The summed E-state index contributed by atoms with van der Waals surface area (Å²) < 4.78 is 14.0. The van der Waals surface area contributed by atoms with Gasteiger partial charge >= 0.3 is 0 Å². The molecule has 0 aromatic heterocycles. The van der Waals surface area contributed by atoms with Gasteiger partial charge in [0.2, 0.25) is 0 Å². The Balaban J connectivity index is 2.49. The number of hydrogen-bond acceptors (Lipinski definition) is 2. The highest BCUT2D eigenvalue weighted by molar-refractivity contribution is 5.68. The molecule has 94 valence electrons. The summed E-state index contributed by atoms with van der Waals surface area (Å²) in [5.74, 6) is -0.292. The molecule has 0 aliphatic carbocycles. The van der Waals surface area contributed by atoms with Gasteiger partial charge in [-0.2, -0.15) is 0 Å². The average molecular weight is 244 g/mol. The maximum absolute atomic E-state index is 14.0. The minimum atomic E-state index is -0.292. The van der Waals surface area contributed by atoms with Crippen LogP contribution in [0.2, 0.25) is 0 Å². The van der Waals surface area contributed by atoms with E-state index in [0.717, 1.165) is 11.3 Å². The highest BCUT2D eigenvalue weighted by Gasteiger charge is 2.13.